The molecule has 0 aliphatic heterocycles. The number of ether oxygens (including phenoxy) is 3. The first-order chi connectivity index (χ1) is 12.8. The summed E-state index contributed by atoms with van der Waals surface area (Å²) >= 11 is 0. The molecule has 0 aliphatic rings. The Morgan fingerprint density at radius 2 is 1.70 bits per heavy atom. The average molecular weight is 368 g/mol. The van der Waals surface area contributed by atoms with Crippen molar-refractivity contribution in [2.75, 3.05) is 7.11 Å². The van der Waals surface area contributed by atoms with E-state index in [2.05, 4.69) is 0 Å². The van der Waals surface area contributed by atoms with Crippen molar-refractivity contribution in [1.82, 2.24) is 0 Å². The monoisotopic (exact) mass is 368 g/mol. The van der Waals surface area contributed by atoms with Crippen molar-refractivity contribution in [2.45, 2.75) is 20.8 Å². The predicted molar refractivity (Wildman–Crippen MR) is 101 cm³/mol. The third-order valence-electron chi connectivity index (χ3n) is 3.83. The van der Waals surface area contributed by atoms with Crippen LogP contribution in [0, 0.1) is 5.41 Å². The fourth-order valence-corrected chi connectivity index (χ4v) is 2.31. The van der Waals surface area contributed by atoms with Gasteiger partial charge in [-0.05, 0) is 45.0 Å². The van der Waals surface area contributed by atoms with Crippen molar-refractivity contribution in [3.05, 3.63) is 59.0 Å². The zero-order valence-electron chi connectivity index (χ0n) is 15.6. The lowest BCUT2D eigenvalue weighted by molar-refractivity contribution is -0.142. The minimum absolute atomic E-state index is 0.0337. The lowest BCUT2D eigenvalue weighted by Crippen LogP contribution is -2.25. The summed E-state index contributed by atoms with van der Waals surface area (Å²) in [4.78, 5) is 24.7. The summed E-state index contributed by atoms with van der Waals surface area (Å²) in [5.74, 6) is 0.875. The van der Waals surface area contributed by atoms with Gasteiger partial charge in [0.15, 0.2) is 11.5 Å². The van der Waals surface area contributed by atoms with Crippen LogP contribution in [-0.2, 0) is 4.79 Å². The highest BCUT2D eigenvalue weighted by atomic mass is 16.5. The highest BCUT2D eigenvalue weighted by Gasteiger charge is 2.24. The Bertz CT molecular complexity index is 1040. The quantitative estimate of drug-likeness (QED) is 0.497. The number of carbonyl (C=O) groups excluding carboxylic acids is 1. The molecule has 0 fully saturated rings. The summed E-state index contributed by atoms with van der Waals surface area (Å²) in [6.07, 6.45) is 1.23. The number of hydrogen-bond acceptors (Lipinski definition) is 6. The molecular weight excluding hydrogens is 348 g/mol. The smallest absolute Gasteiger partial charge is 0.316 e. The van der Waals surface area contributed by atoms with Gasteiger partial charge < -0.3 is 18.6 Å². The first kappa shape index (κ1) is 18.5. The number of esters is 1. The van der Waals surface area contributed by atoms with Gasteiger partial charge in [0.2, 0.25) is 11.2 Å². The molecule has 0 spiro atoms. The van der Waals surface area contributed by atoms with Crippen LogP contribution in [0.15, 0.2) is 57.9 Å². The van der Waals surface area contributed by atoms with E-state index in [1.165, 1.54) is 19.4 Å². The van der Waals surface area contributed by atoms with Gasteiger partial charge in [-0.3, -0.25) is 9.59 Å². The molecular formula is C21H20O6. The molecule has 2 aromatic carbocycles. The van der Waals surface area contributed by atoms with E-state index in [1.807, 2.05) is 0 Å². The van der Waals surface area contributed by atoms with Crippen LogP contribution in [0.2, 0.25) is 0 Å². The van der Waals surface area contributed by atoms with Crippen LogP contribution in [0.1, 0.15) is 20.8 Å². The second-order valence-electron chi connectivity index (χ2n) is 6.98. The van der Waals surface area contributed by atoms with Crippen LogP contribution < -0.4 is 19.6 Å². The van der Waals surface area contributed by atoms with Gasteiger partial charge in [0.05, 0.1) is 17.9 Å². The highest BCUT2D eigenvalue weighted by Crippen LogP contribution is 2.31. The molecule has 0 radical (unpaired) electrons. The van der Waals surface area contributed by atoms with E-state index in [0.717, 1.165) is 0 Å². The Balaban J connectivity index is 1.93. The summed E-state index contributed by atoms with van der Waals surface area (Å²) in [5.41, 5.74) is -0.676. The molecule has 0 aliphatic carbocycles. The molecule has 6 nitrogen and oxygen atoms in total. The van der Waals surface area contributed by atoms with Gasteiger partial charge in [-0.15, -0.1) is 0 Å². The summed E-state index contributed by atoms with van der Waals surface area (Å²) in [5, 5.41) is 0.318. The third kappa shape index (κ3) is 3.95. The Kier molecular flexibility index (Phi) is 4.90. The van der Waals surface area contributed by atoms with E-state index in [0.29, 0.717) is 28.2 Å². The molecule has 1 aromatic heterocycles. The normalized spacial score (nSPS) is 11.3. The van der Waals surface area contributed by atoms with Gasteiger partial charge in [0.1, 0.15) is 17.6 Å². The maximum absolute atomic E-state index is 12.7. The van der Waals surface area contributed by atoms with Crippen molar-refractivity contribution >= 4 is 16.9 Å². The number of carbonyl (C=O) groups is 1. The van der Waals surface area contributed by atoms with Gasteiger partial charge in [-0.2, -0.15) is 0 Å². The van der Waals surface area contributed by atoms with E-state index in [9.17, 15) is 9.59 Å². The van der Waals surface area contributed by atoms with Crippen LogP contribution in [0.4, 0.5) is 0 Å². The van der Waals surface area contributed by atoms with Crippen LogP contribution in [-0.4, -0.2) is 13.1 Å². The highest BCUT2D eigenvalue weighted by molar-refractivity contribution is 5.82. The molecule has 0 saturated carbocycles. The largest absolute Gasteiger partial charge is 0.493 e. The standard InChI is InChI=1S/C21H20O6/c1-21(2,3)20(23)26-13-9-10-14-17(11-13)25-12-18(19(14)22)27-16-8-6-5-7-15(16)24-4/h5-12H,1-4H3. The van der Waals surface area contributed by atoms with Gasteiger partial charge >= 0.3 is 5.97 Å². The van der Waals surface area contributed by atoms with Crippen LogP contribution >= 0.6 is 0 Å². The van der Waals surface area contributed by atoms with E-state index in [1.54, 1.807) is 57.2 Å². The summed E-state index contributed by atoms with van der Waals surface area (Å²) in [6.45, 7) is 5.29. The van der Waals surface area contributed by atoms with E-state index in [-0.39, 0.29) is 17.1 Å². The Morgan fingerprint density at radius 1 is 1.00 bits per heavy atom. The molecule has 3 aromatic rings. The number of para-hydroxylation sites is 2. The van der Waals surface area contributed by atoms with Gasteiger partial charge in [0, 0.05) is 6.07 Å². The Hall–Kier alpha value is -3.28. The Morgan fingerprint density at radius 3 is 2.37 bits per heavy atom. The van der Waals surface area contributed by atoms with Crippen molar-refractivity contribution in [3.63, 3.8) is 0 Å². The molecule has 0 unspecified atom stereocenters. The molecule has 27 heavy (non-hydrogen) atoms. The van der Waals surface area contributed by atoms with E-state index in [4.69, 9.17) is 18.6 Å². The topological polar surface area (TPSA) is 75.0 Å². The Labute approximate surface area is 156 Å². The summed E-state index contributed by atoms with van der Waals surface area (Å²) < 4.78 is 21.7. The zero-order chi connectivity index (χ0) is 19.6. The second-order valence-corrected chi connectivity index (χ2v) is 6.98. The van der Waals surface area contributed by atoms with E-state index < -0.39 is 5.41 Å². The fourth-order valence-electron chi connectivity index (χ4n) is 2.31. The third-order valence-corrected chi connectivity index (χ3v) is 3.83. The first-order valence-electron chi connectivity index (χ1n) is 8.38. The maximum Gasteiger partial charge on any atom is 0.316 e. The molecule has 0 bridgehead atoms. The lowest BCUT2D eigenvalue weighted by atomic mass is 9.97. The first-order valence-corrected chi connectivity index (χ1v) is 8.38. The van der Waals surface area contributed by atoms with Gasteiger partial charge in [-0.25, -0.2) is 0 Å². The van der Waals surface area contributed by atoms with Crippen molar-refractivity contribution in [2.24, 2.45) is 5.41 Å². The predicted octanol–water partition coefficient (Wildman–Crippen LogP) is 4.55. The number of benzene rings is 2. The molecule has 140 valence electrons. The lowest BCUT2D eigenvalue weighted by Gasteiger charge is -2.16. The number of rotatable bonds is 4. The van der Waals surface area contributed by atoms with Crippen molar-refractivity contribution in [3.8, 4) is 23.0 Å². The minimum atomic E-state index is -0.637. The minimum Gasteiger partial charge on any atom is -0.493 e. The van der Waals surface area contributed by atoms with Crippen molar-refractivity contribution < 1.29 is 23.4 Å². The number of methoxy groups -OCH3 is 1. The van der Waals surface area contributed by atoms with Crippen molar-refractivity contribution in [1.29, 1.82) is 0 Å². The fraction of sp³-hybridized carbons (Fsp3) is 0.238. The molecule has 0 saturated heterocycles. The average Bonchev–Trinajstić information content (AvgIpc) is 2.63. The number of hydrogen-bond donors (Lipinski definition) is 0. The van der Waals surface area contributed by atoms with Gasteiger partial charge in [-0.1, -0.05) is 12.1 Å². The van der Waals surface area contributed by atoms with Crippen LogP contribution in [0.3, 0.4) is 0 Å². The second kappa shape index (κ2) is 7.15. The summed E-state index contributed by atoms with van der Waals surface area (Å²) in [7, 11) is 1.52. The number of fused-ring (bicyclic) bond motifs is 1. The van der Waals surface area contributed by atoms with Gasteiger partial charge in [0.25, 0.3) is 0 Å². The zero-order valence-corrected chi connectivity index (χ0v) is 15.6. The molecule has 6 heteroatoms. The van der Waals surface area contributed by atoms with E-state index >= 15 is 0 Å². The van der Waals surface area contributed by atoms with Crippen LogP contribution in [0.25, 0.3) is 11.0 Å². The molecule has 0 N–H and O–H groups in total. The summed E-state index contributed by atoms with van der Waals surface area (Å²) in [6, 6.07) is 11.6. The molecule has 0 amide bonds. The SMILES string of the molecule is COc1ccccc1Oc1coc2cc(OC(=O)C(C)(C)C)ccc2c1=O. The molecule has 1 heterocycles. The molecule has 3 rings (SSSR count). The molecule has 0 atom stereocenters. The maximum atomic E-state index is 12.7. The van der Waals surface area contributed by atoms with Crippen LogP contribution in [0.5, 0.6) is 23.0 Å².